The van der Waals surface area contributed by atoms with Crippen LogP contribution in [0.4, 0.5) is 0 Å². The van der Waals surface area contributed by atoms with Gasteiger partial charge < -0.3 is 9.80 Å². The molecular weight excluding hydrogens is 322 g/mol. The van der Waals surface area contributed by atoms with Crippen LogP contribution in [0.15, 0.2) is 63.9 Å². The molecular formula is C18H20N3O2S+. The summed E-state index contributed by atoms with van der Waals surface area (Å²) < 4.78 is 28.4. The lowest BCUT2D eigenvalue weighted by atomic mass is 10.1. The number of hydrogen-bond donors (Lipinski definition) is 1. The van der Waals surface area contributed by atoms with Crippen molar-refractivity contribution < 1.29 is 13.3 Å². The van der Waals surface area contributed by atoms with Crippen LogP contribution in [0.3, 0.4) is 0 Å². The molecule has 0 spiro atoms. The van der Waals surface area contributed by atoms with Gasteiger partial charge in [0.15, 0.2) is 5.84 Å². The highest BCUT2D eigenvalue weighted by Gasteiger charge is 2.33. The summed E-state index contributed by atoms with van der Waals surface area (Å²) in [7, 11) is -3.53. The van der Waals surface area contributed by atoms with Crippen molar-refractivity contribution in [2.45, 2.75) is 11.4 Å². The molecule has 2 heterocycles. The van der Waals surface area contributed by atoms with Crippen LogP contribution in [-0.4, -0.2) is 45.3 Å². The molecule has 0 unspecified atom stereocenters. The van der Waals surface area contributed by atoms with Crippen LogP contribution < -0.4 is 4.90 Å². The first-order valence-electron chi connectivity index (χ1n) is 8.20. The molecule has 1 fully saturated rings. The van der Waals surface area contributed by atoms with Gasteiger partial charge in [-0.15, -0.1) is 4.40 Å². The SMILES string of the molecule is O=S1(=O)N=C(N2CC[NH+](Cc3ccccc3)CC2)c2ccccc21. The van der Waals surface area contributed by atoms with E-state index >= 15 is 0 Å². The third kappa shape index (κ3) is 2.83. The fourth-order valence-corrected chi connectivity index (χ4v) is 4.64. The standard InChI is InChI=1S/C18H19N3O2S/c22-24(23)17-9-5-4-8-16(17)18(19-24)21-12-10-20(11-13-21)14-15-6-2-1-3-7-15/h1-9H,10-14H2/p+1. The van der Waals surface area contributed by atoms with E-state index in [4.69, 9.17) is 0 Å². The molecule has 0 radical (unpaired) electrons. The number of rotatable bonds is 2. The van der Waals surface area contributed by atoms with Crippen LogP contribution in [-0.2, 0) is 16.6 Å². The number of benzene rings is 2. The summed E-state index contributed by atoms with van der Waals surface area (Å²) in [4.78, 5) is 3.96. The number of fused-ring (bicyclic) bond motifs is 1. The maximum atomic E-state index is 12.2. The minimum Gasteiger partial charge on any atom is -0.344 e. The lowest BCUT2D eigenvalue weighted by Gasteiger charge is -2.33. The van der Waals surface area contributed by atoms with E-state index in [2.05, 4.69) is 33.6 Å². The number of hydrogen-bond acceptors (Lipinski definition) is 3. The van der Waals surface area contributed by atoms with Gasteiger partial charge in [0.25, 0.3) is 10.0 Å². The number of quaternary nitrogens is 1. The third-order valence-electron chi connectivity index (χ3n) is 4.68. The van der Waals surface area contributed by atoms with Crippen molar-refractivity contribution in [2.24, 2.45) is 4.40 Å². The Morgan fingerprint density at radius 3 is 2.38 bits per heavy atom. The Kier molecular flexibility index (Phi) is 3.86. The van der Waals surface area contributed by atoms with Crippen LogP contribution in [0.1, 0.15) is 11.1 Å². The van der Waals surface area contributed by atoms with Gasteiger partial charge in [0.05, 0.1) is 26.2 Å². The van der Waals surface area contributed by atoms with E-state index in [0.29, 0.717) is 10.7 Å². The summed E-state index contributed by atoms with van der Waals surface area (Å²) in [6, 6.07) is 17.6. The average molecular weight is 342 g/mol. The van der Waals surface area contributed by atoms with Crippen LogP contribution in [0.2, 0.25) is 0 Å². The Morgan fingerprint density at radius 2 is 1.62 bits per heavy atom. The van der Waals surface area contributed by atoms with E-state index in [-0.39, 0.29) is 0 Å². The first-order valence-corrected chi connectivity index (χ1v) is 9.64. The lowest BCUT2D eigenvalue weighted by Crippen LogP contribution is -3.13. The van der Waals surface area contributed by atoms with Crippen LogP contribution >= 0.6 is 0 Å². The zero-order valence-corrected chi connectivity index (χ0v) is 14.2. The summed E-state index contributed by atoms with van der Waals surface area (Å²) in [5, 5.41) is 0. The second-order valence-electron chi connectivity index (χ2n) is 6.29. The quantitative estimate of drug-likeness (QED) is 0.867. The highest BCUT2D eigenvalue weighted by atomic mass is 32.2. The van der Waals surface area contributed by atoms with Gasteiger partial charge in [0.2, 0.25) is 0 Å². The molecule has 0 amide bonds. The molecule has 1 N–H and O–H groups in total. The summed E-state index contributed by atoms with van der Waals surface area (Å²) in [5.41, 5.74) is 2.08. The number of piperazine rings is 1. The monoisotopic (exact) mass is 342 g/mol. The van der Waals surface area contributed by atoms with E-state index in [0.717, 1.165) is 38.3 Å². The second-order valence-corrected chi connectivity index (χ2v) is 7.86. The molecule has 1 saturated heterocycles. The molecule has 5 nitrogen and oxygen atoms in total. The zero-order valence-electron chi connectivity index (χ0n) is 13.4. The lowest BCUT2D eigenvalue weighted by molar-refractivity contribution is -0.917. The van der Waals surface area contributed by atoms with Gasteiger partial charge in [-0.05, 0) is 12.1 Å². The predicted octanol–water partition coefficient (Wildman–Crippen LogP) is 0.536. The van der Waals surface area contributed by atoms with Crippen molar-refractivity contribution in [2.75, 3.05) is 26.2 Å². The molecule has 2 aliphatic heterocycles. The molecule has 6 heteroatoms. The molecule has 24 heavy (non-hydrogen) atoms. The van der Waals surface area contributed by atoms with E-state index in [9.17, 15) is 8.42 Å². The van der Waals surface area contributed by atoms with E-state index in [1.165, 1.54) is 10.5 Å². The van der Waals surface area contributed by atoms with E-state index in [1.54, 1.807) is 12.1 Å². The first-order chi connectivity index (χ1) is 11.6. The van der Waals surface area contributed by atoms with Crippen LogP contribution in [0.25, 0.3) is 0 Å². The summed E-state index contributed by atoms with van der Waals surface area (Å²) in [5.74, 6) is 0.615. The normalized spacial score (nSPS) is 19.8. The highest BCUT2D eigenvalue weighted by molar-refractivity contribution is 7.90. The Morgan fingerprint density at radius 1 is 0.958 bits per heavy atom. The summed E-state index contributed by atoms with van der Waals surface area (Å²) in [6.07, 6.45) is 0. The maximum absolute atomic E-state index is 12.2. The Balaban J connectivity index is 1.47. The number of sulfonamides is 1. The number of nitrogens with one attached hydrogen (secondary N) is 1. The molecule has 0 bridgehead atoms. The Labute approximate surface area is 142 Å². The topological polar surface area (TPSA) is 54.2 Å². The Bertz CT molecular complexity index is 870. The van der Waals surface area contributed by atoms with Crippen LogP contribution in [0.5, 0.6) is 0 Å². The smallest absolute Gasteiger partial charge is 0.285 e. The molecule has 0 saturated carbocycles. The minimum atomic E-state index is -3.53. The molecule has 0 aliphatic carbocycles. The fourth-order valence-electron chi connectivity index (χ4n) is 3.41. The summed E-state index contributed by atoms with van der Waals surface area (Å²) in [6.45, 7) is 4.62. The van der Waals surface area contributed by atoms with Gasteiger partial charge in [-0.1, -0.05) is 42.5 Å². The van der Waals surface area contributed by atoms with Gasteiger partial charge in [-0.3, -0.25) is 0 Å². The highest BCUT2D eigenvalue weighted by Crippen LogP contribution is 2.27. The molecule has 2 aromatic rings. The van der Waals surface area contributed by atoms with Crippen molar-refractivity contribution in [1.82, 2.24) is 4.90 Å². The molecule has 4 rings (SSSR count). The maximum Gasteiger partial charge on any atom is 0.285 e. The molecule has 0 atom stereocenters. The van der Waals surface area contributed by atoms with Crippen molar-refractivity contribution >= 4 is 15.9 Å². The van der Waals surface area contributed by atoms with Crippen molar-refractivity contribution in [1.29, 1.82) is 0 Å². The molecule has 2 aromatic carbocycles. The third-order valence-corrected chi connectivity index (χ3v) is 6.00. The molecule has 0 aromatic heterocycles. The summed E-state index contributed by atoms with van der Waals surface area (Å²) >= 11 is 0. The number of amidine groups is 1. The predicted molar refractivity (Wildman–Crippen MR) is 92.6 cm³/mol. The van der Waals surface area contributed by atoms with Gasteiger partial charge in [0, 0.05) is 11.1 Å². The van der Waals surface area contributed by atoms with Gasteiger partial charge >= 0.3 is 0 Å². The Hall–Kier alpha value is -2.18. The minimum absolute atomic E-state index is 0.332. The second kappa shape index (κ2) is 6.03. The molecule has 2 aliphatic rings. The van der Waals surface area contributed by atoms with Gasteiger partial charge in [-0.2, -0.15) is 8.42 Å². The zero-order chi connectivity index (χ0) is 16.6. The van der Waals surface area contributed by atoms with E-state index < -0.39 is 10.0 Å². The van der Waals surface area contributed by atoms with Crippen molar-refractivity contribution in [3.8, 4) is 0 Å². The average Bonchev–Trinajstić information content (AvgIpc) is 2.88. The molecule has 124 valence electrons. The largest absolute Gasteiger partial charge is 0.344 e. The van der Waals surface area contributed by atoms with E-state index in [1.807, 2.05) is 18.2 Å². The number of nitrogens with zero attached hydrogens (tertiary/aromatic N) is 2. The van der Waals surface area contributed by atoms with Crippen molar-refractivity contribution in [3.63, 3.8) is 0 Å². The van der Waals surface area contributed by atoms with Gasteiger partial charge in [0.1, 0.15) is 11.4 Å². The van der Waals surface area contributed by atoms with Gasteiger partial charge in [-0.25, -0.2) is 0 Å². The fraction of sp³-hybridized carbons (Fsp3) is 0.278. The van der Waals surface area contributed by atoms with Crippen molar-refractivity contribution in [3.05, 3.63) is 65.7 Å². The van der Waals surface area contributed by atoms with Crippen LogP contribution in [0, 0.1) is 0 Å². The first kappa shape index (κ1) is 15.4.